The third-order valence-electron chi connectivity index (χ3n) is 6.31. The van der Waals surface area contributed by atoms with Crippen LogP contribution in [0.15, 0.2) is 60.7 Å². The van der Waals surface area contributed by atoms with E-state index in [0.29, 0.717) is 52.6 Å². The number of amides is 2. The van der Waals surface area contributed by atoms with E-state index in [1.807, 2.05) is 36.4 Å². The number of hydrogen-bond donors (Lipinski definition) is 2. The fourth-order valence-electron chi connectivity index (χ4n) is 4.19. The largest absolute Gasteiger partial charge is 0.378 e. The number of ether oxygens (including phenoxy) is 4. The Morgan fingerprint density at radius 3 is 1.35 bits per heavy atom. The van der Waals surface area contributed by atoms with E-state index in [1.54, 1.807) is 0 Å². The van der Waals surface area contributed by atoms with Gasteiger partial charge in [0.05, 0.1) is 39.6 Å². The maximum atomic E-state index is 12.1. The van der Waals surface area contributed by atoms with Crippen molar-refractivity contribution in [1.29, 1.82) is 0 Å². The molecule has 10 nitrogen and oxygen atoms in total. The summed E-state index contributed by atoms with van der Waals surface area (Å²) in [5, 5.41) is 5.80. The van der Waals surface area contributed by atoms with Crippen LogP contribution in [0.1, 0.15) is 11.1 Å². The van der Waals surface area contributed by atoms with Crippen LogP contribution < -0.4 is 10.6 Å². The van der Waals surface area contributed by atoms with Crippen LogP contribution >= 0.6 is 0 Å². The number of nitrogens with one attached hydrogen (secondary N) is 2. The second kappa shape index (κ2) is 20.1. The fraction of sp³-hybridized carbons (Fsp3) is 0.533. The summed E-state index contributed by atoms with van der Waals surface area (Å²) in [6, 6.07) is 20.5. The quantitative estimate of drug-likeness (QED) is 0.582. The zero-order valence-corrected chi connectivity index (χ0v) is 23.4. The molecule has 0 spiro atoms. The molecule has 2 amide bonds. The van der Waals surface area contributed by atoms with Crippen molar-refractivity contribution >= 4 is 11.8 Å². The van der Waals surface area contributed by atoms with E-state index in [1.165, 1.54) is 11.1 Å². The van der Waals surface area contributed by atoms with Crippen molar-refractivity contribution in [2.75, 3.05) is 92.1 Å². The van der Waals surface area contributed by atoms with Crippen LogP contribution in [0.25, 0.3) is 0 Å². The summed E-state index contributed by atoms with van der Waals surface area (Å²) in [6.45, 7) is 8.00. The average Bonchev–Trinajstić information content (AvgIpc) is 2.96. The molecule has 0 aliphatic carbocycles. The summed E-state index contributed by atoms with van der Waals surface area (Å²) in [5.74, 6) is -0.361. The van der Waals surface area contributed by atoms with Gasteiger partial charge in [0, 0.05) is 52.4 Å². The van der Waals surface area contributed by atoms with Gasteiger partial charge in [0.15, 0.2) is 0 Å². The van der Waals surface area contributed by atoms with Crippen molar-refractivity contribution in [2.45, 2.75) is 13.1 Å². The van der Waals surface area contributed by atoms with E-state index in [2.05, 4.69) is 44.7 Å². The van der Waals surface area contributed by atoms with Crippen LogP contribution in [0, 0.1) is 0 Å². The first kappa shape index (κ1) is 31.7. The number of hydrogen-bond acceptors (Lipinski definition) is 8. The molecule has 1 saturated heterocycles. The highest BCUT2D eigenvalue weighted by Crippen LogP contribution is 2.05. The minimum atomic E-state index is -0.180. The van der Waals surface area contributed by atoms with Crippen molar-refractivity contribution in [1.82, 2.24) is 20.4 Å². The van der Waals surface area contributed by atoms with Crippen molar-refractivity contribution < 1.29 is 28.5 Å². The number of rotatable bonds is 4. The molecule has 3 rings (SSSR count). The lowest BCUT2D eigenvalue weighted by Gasteiger charge is -2.23. The van der Waals surface area contributed by atoms with Crippen LogP contribution in [0.2, 0.25) is 0 Å². The number of carbonyl (C=O) groups is 2. The molecule has 40 heavy (non-hydrogen) atoms. The predicted molar refractivity (Wildman–Crippen MR) is 153 cm³/mol. The zero-order valence-electron chi connectivity index (χ0n) is 23.4. The minimum Gasteiger partial charge on any atom is -0.378 e. The van der Waals surface area contributed by atoms with E-state index in [0.717, 1.165) is 26.2 Å². The molecule has 0 unspecified atom stereocenters. The molecule has 1 aliphatic rings. The van der Waals surface area contributed by atoms with Gasteiger partial charge in [-0.3, -0.25) is 19.4 Å². The second-order valence-electron chi connectivity index (χ2n) is 9.55. The van der Waals surface area contributed by atoms with Crippen molar-refractivity contribution in [3.05, 3.63) is 71.8 Å². The van der Waals surface area contributed by atoms with Gasteiger partial charge in [0.2, 0.25) is 11.8 Å². The summed E-state index contributed by atoms with van der Waals surface area (Å²) < 4.78 is 22.5. The van der Waals surface area contributed by atoms with Gasteiger partial charge >= 0.3 is 0 Å². The molecule has 2 aromatic rings. The molecular formula is C30H44N4O6. The Hall–Kier alpha value is -2.86. The van der Waals surface area contributed by atoms with Crippen LogP contribution in [0.3, 0.4) is 0 Å². The highest BCUT2D eigenvalue weighted by Gasteiger charge is 2.10. The average molecular weight is 557 g/mol. The Kier molecular flexibility index (Phi) is 15.9. The molecule has 220 valence electrons. The topological polar surface area (TPSA) is 102 Å². The Morgan fingerprint density at radius 1 is 0.525 bits per heavy atom. The highest BCUT2D eigenvalue weighted by molar-refractivity contribution is 5.77. The smallest absolute Gasteiger partial charge is 0.246 e. The van der Waals surface area contributed by atoms with E-state index >= 15 is 0 Å². The van der Waals surface area contributed by atoms with Crippen LogP contribution in [0.5, 0.6) is 0 Å². The Labute approximate surface area is 237 Å². The van der Waals surface area contributed by atoms with Crippen molar-refractivity contribution in [2.24, 2.45) is 0 Å². The monoisotopic (exact) mass is 556 g/mol. The van der Waals surface area contributed by atoms with Gasteiger partial charge in [0.1, 0.15) is 13.2 Å². The molecular weight excluding hydrogens is 512 g/mol. The maximum absolute atomic E-state index is 12.1. The third-order valence-corrected chi connectivity index (χ3v) is 6.31. The first-order chi connectivity index (χ1) is 19.7. The summed E-state index contributed by atoms with van der Waals surface area (Å²) in [6.07, 6.45) is 0. The summed E-state index contributed by atoms with van der Waals surface area (Å²) in [4.78, 5) is 28.8. The Bertz CT molecular complexity index is 872. The maximum Gasteiger partial charge on any atom is 0.246 e. The van der Waals surface area contributed by atoms with Crippen LogP contribution in [-0.2, 0) is 41.6 Å². The molecule has 1 heterocycles. The second-order valence-corrected chi connectivity index (χ2v) is 9.55. The molecule has 0 saturated carbocycles. The van der Waals surface area contributed by atoms with E-state index in [-0.39, 0.29) is 38.2 Å². The third kappa shape index (κ3) is 14.5. The molecule has 2 N–H and O–H groups in total. The fourth-order valence-corrected chi connectivity index (χ4v) is 4.19. The number of benzene rings is 2. The first-order valence-electron chi connectivity index (χ1n) is 14.1. The summed E-state index contributed by atoms with van der Waals surface area (Å²) in [5.41, 5.74) is 2.42. The Morgan fingerprint density at radius 2 is 0.925 bits per heavy atom. The zero-order chi connectivity index (χ0) is 28.1. The summed E-state index contributed by atoms with van der Waals surface area (Å²) >= 11 is 0. The van der Waals surface area contributed by atoms with Gasteiger partial charge < -0.3 is 29.6 Å². The summed E-state index contributed by atoms with van der Waals surface area (Å²) in [7, 11) is 0. The van der Waals surface area contributed by atoms with Gasteiger partial charge in [-0.15, -0.1) is 0 Å². The number of nitrogens with zero attached hydrogens (tertiary/aromatic N) is 2. The van der Waals surface area contributed by atoms with Gasteiger partial charge in [-0.1, -0.05) is 60.7 Å². The SMILES string of the molecule is O=C1COCCOCC(=O)NCCN(Cc2ccccc2)CCOCCOCCN(Cc2ccccc2)CCN1. The van der Waals surface area contributed by atoms with E-state index < -0.39 is 0 Å². The van der Waals surface area contributed by atoms with Gasteiger partial charge in [0.25, 0.3) is 0 Å². The first-order valence-corrected chi connectivity index (χ1v) is 14.1. The van der Waals surface area contributed by atoms with Gasteiger partial charge in [-0.2, -0.15) is 0 Å². The molecule has 10 heteroatoms. The lowest BCUT2D eigenvalue weighted by atomic mass is 10.2. The molecule has 1 aliphatic heterocycles. The van der Waals surface area contributed by atoms with Crippen LogP contribution in [-0.4, -0.2) is 114 Å². The molecule has 0 aromatic heterocycles. The molecule has 0 atom stereocenters. The minimum absolute atomic E-state index is 0.0470. The van der Waals surface area contributed by atoms with E-state index in [9.17, 15) is 9.59 Å². The van der Waals surface area contributed by atoms with E-state index in [4.69, 9.17) is 18.9 Å². The van der Waals surface area contributed by atoms with Gasteiger partial charge in [-0.25, -0.2) is 0 Å². The molecule has 0 radical (unpaired) electrons. The molecule has 2 aromatic carbocycles. The van der Waals surface area contributed by atoms with Crippen LogP contribution in [0.4, 0.5) is 0 Å². The predicted octanol–water partition coefficient (Wildman–Crippen LogP) is 1.30. The standard InChI is InChI=1S/C30H44N4O6/c35-29-25-39-21-22-40-26-30(36)32-12-14-34(24-28-9-5-2-6-10-28)16-18-38-20-19-37-17-15-33(13-11-31-29)23-27-7-3-1-4-8-27/h1-10H,11-26H2,(H,31,35)(H,32,36). The number of carbonyl (C=O) groups excluding carboxylic acids is 2. The van der Waals surface area contributed by atoms with Crippen molar-refractivity contribution in [3.63, 3.8) is 0 Å². The highest BCUT2D eigenvalue weighted by atomic mass is 16.5. The normalized spacial score (nSPS) is 19.7. The Balaban J connectivity index is 1.48. The van der Waals surface area contributed by atoms with Crippen molar-refractivity contribution in [3.8, 4) is 0 Å². The lowest BCUT2D eigenvalue weighted by molar-refractivity contribution is -0.129. The lowest BCUT2D eigenvalue weighted by Crippen LogP contribution is -2.38. The molecule has 1 fully saturated rings. The molecule has 0 bridgehead atoms. The van der Waals surface area contributed by atoms with Gasteiger partial charge in [-0.05, 0) is 11.1 Å².